The van der Waals surface area contributed by atoms with E-state index in [9.17, 15) is 14.7 Å². The Labute approximate surface area is 216 Å². The lowest BCUT2D eigenvalue weighted by atomic mass is 10.0. The summed E-state index contributed by atoms with van der Waals surface area (Å²) in [6, 6.07) is 10.9. The number of hydrogen-bond acceptors (Lipinski definition) is 3. The Morgan fingerprint density at radius 1 is 1.11 bits per heavy atom. The minimum atomic E-state index is -0.984. The van der Waals surface area contributed by atoms with E-state index in [1.807, 2.05) is 65.8 Å². The topological polar surface area (TPSA) is 75.6 Å². The van der Waals surface area contributed by atoms with Gasteiger partial charge in [-0.05, 0) is 74.6 Å². The molecule has 35 heavy (non-hydrogen) atoms. The third kappa shape index (κ3) is 12.6. The van der Waals surface area contributed by atoms with Crippen molar-refractivity contribution in [3.05, 3.63) is 81.9 Å². The molecule has 6 heteroatoms. The number of aryl methyl sites for hydroxylation is 2. The van der Waals surface area contributed by atoms with Gasteiger partial charge in [0.25, 0.3) is 5.91 Å². The number of unbranched alkanes of at least 4 members (excludes halogenated alkanes) is 1. The fourth-order valence-electron chi connectivity index (χ4n) is 3.14. The van der Waals surface area contributed by atoms with E-state index in [4.69, 9.17) is 16.3 Å². The van der Waals surface area contributed by atoms with Gasteiger partial charge in [-0.3, -0.25) is 4.79 Å². The Hall–Kier alpha value is -2.63. The summed E-state index contributed by atoms with van der Waals surface area (Å²) in [5, 5.41) is 12.9. The van der Waals surface area contributed by atoms with Crippen molar-refractivity contribution >= 4 is 23.5 Å². The SMILES string of the molecule is C=CCCC.CC.Cc1ccc(CC(OC(C)C)C(=O)O)cc1CNC(=O)c1ccc(Cl)cc1C. The third-order valence-corrected chi connectivity index (χ3v) is 5.15. The van der Waals surface area contributed by atoms with Gasteiger partial charge in [0, 0.05) is 23.6 Å². The van der Waals surface area contributed by atoms with Crippen molar-refractivity contribution in [3.63, 3.8) is 0 Å². The highest BCUT2D eigenvalue weighted by atomic mass is 35.5. The van der Waals surface area contributed by atoms with E-state index in [0.29, 0.717) is 17.1 Å². The van der Waals surface area contributed by atoms with Crippen molar-refractivity contribution in [1.29, 1.82) is 0 Å². The van der Waals surface area contributed by atoms with Crippen LogP contribution in [0, 0.1) is 13.8 Å². The molecule has 1 atom stereocenters. The van der Waals surface area contributed by atoms with Crippen LogP contribution in [0.15, 0.2) is 49.1 Å². The van der Waals surface area contributed by atoms with E-state index in [1.165, 1.54) is 6.42 Å². The van der Waals surface area contributed by atoms with Crippen LogP contribution in [-0.4, -0.2) is 29.2 Å². The molecule has 0 saturated carbocycles. The summed E-state index contributed by atoms with van der Waals surface area (Å²) in [5.41, 5.74) is 4.20. The normalized spacial score (nSPS) is 10.9. The summed E-state index contributed by atoms with van der Waals surface area (Å²) >= 11 is 5.94. The molecule has 2 aromatic rings. The first-order chi connectivity index (χ1) is 16.6. The standard InChI is InChI=1S/C22H26ClNO4.C5H10.C2H6/c1-13(2)28-20(22(26)27)11-16-6-5-14(3)17(10-16)12-24-21(25)19-8-7-18(23)9-15(19)4;1-3-5-4-2;1-2/h5-10,13,20H,11-12H2,1-4H3,(H,24,25)(H,26,27);3H,1,4-5H2,2H3;1-2H3. The summed E-state index contributed by atoms with van der Waals surface area (Å²) in [5.74, 6) is -1.16. The Morgan fingerprint density at radius 2 is 1.77 bits per heavy atom. The summed E-state index contributed by atoms with van der Waals surface area (Å²) in [7, 11) is 0. The number of nitrogens with one attached hydrogen (secondary N) is 1. The largest absolute Gasteiger partial charge is 0.479 e. The molecule has 0 bridgehead atoms. The van der Waals surface area contributed by atoms with Crippen LogP contribution in [0.5, 0.6) is 0 Å². The van der Waals surface area contributed by atoms with Crippen LogP contribution in [-0.2, 0) is 22.5 Å². The van der Waals surface area contributed by atoms with E-state index < -0.39 is 12.1 Å². The van der Waals surface area contributed by atoms with E-state index in [-0.39, 0.29) is 18.4 Å². The summed E-state index contributed by atoms with van der Waals surface area (Å²) in [4.78, 5) is 23.9. The van der Waals surface area contributed by atoms with Gasteiger partial charge in [0.15, 0.2) is 6.10 Å². The molecule has 0 aliphatic heterocycles. The van der Waals surface area contributed by atoms with Crippen molar-refractivity contribution in [2.75, 3.05) is 0 Å². The van der Waals surface area contributed by atoms with Gasteiger partial charge >= 0.3 is 5.97 Å². The van der Waals surface area contributed by atoms with Crippen LogP contribution in [0.2, 0.25) is 5.02 Å². The molecule has 2 aromatic carbocycles. The first kappa shape index (κ1) is 32.4. The second kappa shape index (κ2) is 17.8. The molecule has 1 unspecified atom stereocenters. The minimum Gasteiger partial charge on any atom is -0.479 e. The van der Waals surface area contributed by atoms with E-state index in [0.717, 1.165) is 28.7 Å². The van der Waals surface area contributed by atoms with E-state index in [2.05, 4.69) is 18.8 Å². The zero-order valence-electron chi connectivity index (χ0n) is 22.3. The molecule has 5 nitrogen and oxygen atoms in total. The van der Waals surface area contributed by atoms with Crippen molar-refractivity contribution in [2.45, 2.75) is 86.5 Å². The van der Waals surface area contributed by atoms with E-state index in [1.54, 1.807) is 18.2 Å². The Bertz CT molecular complexity index is 940. The monoisotopic (exact) mass is 503 g/mol. The molecule has 0 fully saturated rings. The number of carboxylic acids is 1. The fourth-order valence-corrected chi connectivity index (χ4v) is 3.36. The first-order valence-electron chi connectivity index (χ1n) is 12.2. The van der Waals surface area contributed by atoms with Gasteiger partial charge < -0.3 is 15.2 Å². The van der Waals surface area contributed by atoms with Gasteiger partial charge in [-0.1, -0.05) is 63.1 Å². The highest BCUT2D eigenvalue weighted by Gasteiger charge is 2.20. The van der Waals surface area contributed by atoms with Gasteiger partial charge in [-0.15, -0.1) is 6.58 Å². The van der Waals surface area contributed by atoms with Crippen LogP contribution in [0.1, 0.15) is 80.1 Å². The second-order valence-corrected chi connectivity index (χ2v) is 8.63. The molecule has 0 heterocycles. The van der Waals surface area contributed by atoms with Crippen molar-refractivity contribution in [3.8, 4) is 0 Å². The number of rotatable bonds is 10. The van der Waals surface area contributed by atoms with Gasteiger partial charge in [-0.2, -0.15) is 0 Å². The Kier molecular flexibility index (Phi) is 16.4. The van der Waals surface area contributed by atoms with E-state index >= 15 is 0 Å². The second-order valence-electron chi connectivity index (χ2n) is 8.20. The molecule has 0 radical (unpaired) electrons. The number of ether oxygens (including phenoxy) is 1. The molecule has 0 aromatic heterocycles. The van der Waals surface area contributed by atoms with Crippen LogP contribution >= 0.6 is 11.6 Å². The molecule has 0 aliphatic rings. The number of aliphatic carboxylic acids is 1. The number of carboxylic acid groups (broad SMARTS) is 1. The highest BCUT2D eigenvalue weighted by Crippen LogP contribution is 2.17. The summed E-state index contributed by atoms with van der Waals surface area (Å²) in [6.45, 7) is 17.5. The van der Waals surface area contributed by atoms with Crippen molar-refractivity contribution < 1.29 is 19.4 Å². The van der Waals surface area contributed by atoms with Gasteiger partial charge in [0.05, 0.1) is 6.10 Å². The fraction of sp³-hybridized carbons (Fsp3) is 0.448. The quantitative estimate of drug-likeness (QED) is 0.333. The molecular formula is C29H42ClNO4. The Morgan fingerprint density at radius 3 is 2.26 bits per heavy atom. The van der Waals surface area contributed by atoms with Gasteiger partial charge in [0.1, 0.15) is 0 Å². The molecule has 0 saturated heterocycles. The molecule has 194 valence electrons. The van der Waals surface area contributed by atoms with Crippen LogP contribution in [0.4, 0.5) is 0 Å². The molecule has 1 amide bonds. The predicted octanol–water partition coefficient (Wildman–Crippen LogP) is 7.31. The number of carbonyl (C=O) groups is 2. The van der Waals surface area contributed by atoms with Crippen molar-refractivity contribution in [1.82, 2.24) is 5.32 Å². The minimum absolute atomic E-state index is 0.173. The highest BCUT2D eigenvalue weighted by molar-refractivity contribution is 6.30. The molecule has 2 N–H and O–H groups in total. The maximum Gasteiger partial charge on any atom is 0.333 e. The van der Waals surface area contributed by atoms with Gasteiger partial charge in [-0.25, -0.2) is 4.79 Å². The predicted molar refractivity (Wildman–Crippen MR) is 146 cm³/mol. The Balaban J connectivity index is 0.00000146. The zero-order chi connectivity index (χ0) is 27.0. The number of hydrogen-bond donors (Lipinski definition) is 2. The first-order valence-corrected chi connectivity index (χ1v) is 12.6. The lowest BCUT2D eigenvalue weighted by molar-refractivity contribution is -0.153. The number of allylic oxidation sites excluding steroid dienone is 1. The van der Waals surface area contributed by atoms with Crippen LogP contribution < -0.4 is 5.32 Å². The maximum atomic E-state index is 12.5. The average Bonchev–Trinajstić information content (AvgIpc) is 2.80. The number of halogens is 1. The van der Waals surface area contributed by atoms with Crippen molar-refractivity contribution in [2.24, 2.45) is 0 Å². The summed E-state index contributed by atoms with van der Waals surface area (Å²) < 4.78 is 5.48. The molecule has 0 aliphatic carbocycles. The molecule has 2 rings (SSSR count). The lowest BCUT2D eigenvalue weighted by Crippen LogP contribution is -2.29. The molecule has 0 spiro atoms. The average molecular weight is 504 g/mol. The third-order valence-electron chi connectivity index (χ3n) is 4.91. The smallest absolute Gasteiger partial charge is 0.333 e. The number of carbonyl (C=O) groups excluding carboxylic acids is 1. The van der Waals surface area contributed by atoms with Crippen LogP contribution in [0.3, 0.4) is 0 Å². The van der Waals surface area contributed by atoms with Crippen LogP contribution in [0.25, 0.3) is 0 Å². The summed E-state index contributed by atoms with van der Waals surface area (Å²) in [6.07, 6.45) is 3.50. The zero-order valence-corrected chi connectivity index (χ0v) is 23.0. The maximum absolute atomic E-state index is 12.5. The number of benzene rings is 2. The van der Waals surface area contributed by atoms with Gasteiger partial charge in [0.2, 0.25) is 0 Å². The molecular weight excluding hydrogens is 462 g/mol. The lowest BCUT2D eigenvalue weighted by Gasteiger charge is -2.17. The number of amides is 1.